The Kier molecular flexibility index (Phi) is 15.7. The van der Waals surface area contributed by atoms with Crippen molar-refractivity contribution in [1.29, 1.82) is 0 Å². The number of carbonyl (C=O) groups is 1. The van der Waals surface area contributed by atoms with Crippen LogP contribution in [-0.2, 0) is 30.3 Å². The molecule has 0 spiro atoms. The largest absolute Gasteiger partial charge is 0.394 e. The molecule has 1 heterocycles. The standard InChI is InChI=1S/C12H25AsN2O2.2H2O4S/c1-3-10(2)11(13)12(16)14-4-5-15-6-8-17-9-7-15;2*1-5(2,3)4/h10-11H,3-9,13H2,1-2H3,(H,14,16);2*(H2,1,2,3,4). The van der Waals surface area contributed by atoms with Gasteiger partial charge >= 0.3 is 134 Å². The van der Waals surface area contributed by atoms with Gasteiger partial charge in [0.1, 0.15) is 0 Å². The smallest absolute Gasteiger partial charge is 0.264 e. The number of hydrogen-bond acceptors (Lipinski definition) is 7. The molecule has 3 unspecified atom stereocenters. The topological polar surface area (TPSA) is 191 Å². The van der Waals surface area contributed by atoms with Crippen molar-refractivity contribution in [1.82, 2.24) is 10.2 Å². The summed E-state index contributed by atoms with van der Waals surface area (Å²) in [5, 5.41) is 3.04. The van der Waals surface area contributed by atoms with Crippen LogP contribution in [0.15, 0.2) is 0 Å². The van der Waals surface area contributed by atoms with Crippen LogP contribution in [0.3, 0.4) is 0 Å². The van der Waals surface area contributed by atoms with Crippen molar-refractivity contribution < 1.29 is 44.6 Å². The van der Waals surface area contributed by atoms with Gasteiger partial charge in [-0.2, -0.15) is 16.8 Å². The first-order chi connectivity index (χ1) is 12.1. The Morgan fingerprint density at radius 1 is 1.11 bits per heavy atom. The van der Waals surface area contributed by atoms with E-state index >= 15 is 0 Å². The Labute approximate surface area is 168 Å². The fourth-order valence-corrected chi connectivity index (χ4v) is 2.61. The van der Waals surface area contributed by atoms with Crippen LogP contribution in [0.25, 0.3) is 0 Å². The zero-order valence-corrected chi connectivity index (χ0v) is 19.2. The first-order valence-electron chi connectivity index (χ1n) is 7.88. The van der Waals surface area contributed by atoms with Crippen molar-refractivity contribution in [3.05, 3.63) is 0 Å². The molecule has 5 N–H and O–H groups in total. The quantitative estimate of drug-likeness (QED) is 0.213. The maximum Gasteiger partial charge on any atom is 0.394 e. The Morgan fingerprint density at radius 3 is 1.89 bits per heavy atom. The van der Waals surface area contributed by atoms with Crippen LogP contribution < -0.4 is 5.32 Å². The number of nitrogens with one attached hydrogen (secondary N) is 1. The molecule has 0 aromatic rings. The molecule has 3 atom stereocenters. The molecule has 0 bridgehead atoms. The average molecular weight is 500 g/mol. The number of hydrogen-bond donors (Lipinski definition) is 5. The molecule has 1 rings (SSSR count). The van der Waals surface area contributed by atoms with Gasteiger partial charge in [0.05, 0.1) is 0 Å². The van der Waals surface area contributed by atoms with Crippen LogP contribution in [0.4, 0.5) is 0 Å². The summed E-state index contributed by atoms with van der Waals surface area (Å²) in [5.74, 6) is 0.700. The van der Waals surface area contributed by atoms with Gasteiger partial charge in [0.15, 0.2) is 0 Å². The maximum absolute atomic E-state index is 11.8. The summed E-state index contributed by atoms with van der Waals surface area (Å²) in [4.78, 5) is 14.2. The van der Waals surface area contributed by atoms with Crippen molar-refractivity contribution in [2.45, 2.75) is 25.0 Å². The van der Waals surface area contributed by atoms with Crippen LogP contribution in [0.5, 0.6) is 0 Å². The normalized spacial score (nSPS) is 17.4. The summed E-state index contributed by atoms with van der Waals surface area (Å²) in [6, 6.07) is 0. The predicted octanol–water partition coefficient (Wildman–Crippen LogP) is -1.40. The molecule has 1 fully saturated rings. The molecule has 0 aromatic carbocycles. The zero-order valence-electron chi connectivity index (χ0n) is 15.2. The number of ether oxygens (including phenoxy) is 1. The van der Waals surface area contributed by atoms with Crippen LogP contribution in [0.2, 0.25) is 4.71 Å². The third-order valence-corrected chi connectivity index (χ3v) is 5.40. The summed E-state index contributed by atoms with van der Waals surface area (Å²) in [6.45, 7) is 9.60. The molecule has 27 heavy (non-hydrogen) atoms. The van der Waals surface area contributed by atoms with E-state index in [1.807, 2.05) is 0 Å². The molecule has 0 saturated carbocycles. The Hall–Kier alpha value is -0.312. The van der Waals surface area contributed by atoms with Crippen molar-refractivity contribution in [2.24, 2.45) is 5.92 Å². The van der Waals surface area contributed by atoms with E-state index in [0.717, 1.165) is 45.8 Å². The van der Waals surface area contributed by atoms with E-state index in [1.54, 1.807) is 0 Å². The SMILES string of the molecule is CCC(C)C([AsH2])C(=O)NCCN1CCOCC1.O=S(=O)(O)O.O=S(=O)(O)O. The molecule has 0 radical (unpaired) electrons. The number of amides is 1. The Balaban J connectivity index is 0. The number of nitrogens with zero attached hydrogens (tertiary/aromatic N) is 1. The third kappa shape index (κ3) is 25.7. The van der Waals surface area contributed by atoms with Gasteiger partial charge in [0.25, 0.3) is 0 Å². The van der Waals surface area contributed by atoms with Crippen LogP contribution >= 0.6 is 0 Å². The second kappa shape index (κ2) is 14.7. The van der Waals surface area contributed by atoms with Crippen molar-refractivity contribution >= 4 is 43.6 Å². The van der Waals surface area contributed by atoms with Crippen molar-refractivity contribution in [2.75, 3.05) is 39.4 Å². The fourth-order valence-electron chi connectivity index (χ4n) is 1.79. The molecule has 12 nitrogen and oxygen atoms in total. The van der Waals surface area contributed by atoms with E-state index in [1.165, 1.54) is 16.9 Å². The summed E-state index contributed by atoms with van der Waals surface area (Å²) >= 11 is 1.53. The number of carbonyl (C=O) groups excluding carboxylic acids is 1. The van der Waals surface area contributed by atoms with Gasteiger partial charge in [-0.05, 0) is 0 Å². The molecule has 164 valence electrons. The van der Waals surface area contributed by atoms with Crippen LogP contribution in [0, 0.1) is 5.92 Å². The molecule has 1 saturated heterocycles. The third-order valence-electron chi connectivity index (χ3n) is 3.39. The monoisotopic (exact) mass is 500 g/mol. The molecule has 1 aliphatic heterocycles. The summed E-state index contributed by atoms with van der Waals surface area (Å²) in [6.07, 6.45) is 1.07. The fraction of sp³-hybridized carbons (Fsp3) is 0.917. The second-order valence-electron chi connectivity index (χ2n) is 5.55. The Morgan fingerprint density at radius 2 is 1.52 bits per heavy atom. The van der Waals surface area contributed by atoms with Gasteiger partial charge in [-0.1, -0.05) is 0 Å². The van der Waals surface area contributed by atoms with Gasteiger partial charge in [-0.3, -0.25) is 18.2 Å². The summed E-state index contributed by atoms with van der Waals surface area (Å²) in [5.41, 5.74) is 0. The predicted molar refractivity (Wildman–Crippen MR) is 100 cm³/mol. The molecule has 1 aliphatic rings. The first-order valence-corrected chi connectivity index (χ1v) is 12.1. The summed E-state index contributed by atoms with van der Waals surface area (Å²) < 4.78 is 68.6. The molecule has 15 heteroatoms. The van der Waals surface area contributed by atoms with Gasteiger partial charge in [-0.25, -0.2) is 0 Å². The number of morpholine rings is 1. The maximum atomic E-state index is 11.8. The minimum atomic E-state index is -4.67. The molecule has 0 aromatic heterocycles. The minimum absolute atomic E-state index is 0.178. The zero-order chi connectivity index (χ0) is 21.7. The van der Waals surface area contributed by atoms with E-state index in [0.29, 0.717) is 5.92 Å². The van der Waals surface area contributed by atoms with E-state index in [9.17, 15) is 4.79 Å². The first kappa shape index (κ1) is 28.9. The van der Waals surface area contributed by atoms with Gasteiger partial charge in [-0.15, -0.1) is 0 Å². The average Bonchev–Trinajstić information content (AvgIpc) is 2.51. The van der Waals surface area contributed by atoms with Gasteiger partial charge in [0, 0.05) is 0 Å². The van der Waals surface area contributed by atoms with Gasteiger partial charge < -0.3 is 0 Å². The van der Waals surface area contributed by atoms with Gasteiger partial charge in [0.2, 0.25) is 0 Å². The van der Waals surface area contributed by atoms with E-state index < -0.39 is 20.8 Å². The minimum Gasteiger partial charge on any atom is -0.264 e. The molecular formula is C12H29AsN2O10S2. The number of rotatable bonds is 6. The molecule has 0 aliphatic carbocycles. The molecular weight excluding hydrogens is 471 g/mol. The second-order valence-corrected chi connectivity index (χ2v) is 8.85. The van der Waals surface area contributed by atoms with Crippen molar-refractivity contribution in [3.8, 4) is 0 Å². The van der Waals surface area contributed by atoms with E-state index in [-0.39, 0.29) is 10.6 Å². The van der Waals surface area contributed by atoms with E-state index in [2.05, 4.69) is 24.1 Å². The Bertz CT molecular complexity index is 562. The van der Waals surface area contributed by atoms with Crippen LogP contribution in [-0.4, -0.2) is 102 Å². The van der Waals surface area contributed by atoms with Crippen molar-refractivity contribution in [3.63, 3.8) is 0 Å². The summed E-state index contributed by atoms with van der Waals surface area (Å²) in [7, 11) is -9.33. The van der Waals surface area contributed by atoms with E-state index in [4.69, 9.17) is 39.8 Å². The molecule has 1 amide bonds. The van der Waals surface area contributed by atoms with Crippen LogP contribution in [0.1, 0.15) is 20.3 Å².